The zero-order chi connectivity index (χ0) is 20.1. The number of anilines is 2. The first-order valence-electron chi connectivity index (χ1n) is 9.33. The van der Waals surface area contributed by atoms with Gasteiger partial charge in [-0.15, -0.1) is 0 Å². The Morgan fingerprint density at radius 3 is 2.39 bits per heavy atom. The molecule has 28 heavy (non-hydrogen) atoms. The summed E-state index contributed by atoms with van der Waals surface area (Å²) in [6.07, 6.45) is 1.51. The van der Waals surface area contributed by atoms with Crippen molar-refractivity contribution in [2.75, 3.05) is 49.6 Å². The Hall–Kier alpha value is -2.23. The van der Waals surface area contributed by atoms with Crippen LogP contribution in [-0.2, 0) is 14.8 Å². The van der Waals surface area contributed by atoms with Crippen LogP contribution in [0.4, 0.5) is 11.6 Å². The summed E-state index contributed by atoms with van der Waals surface area (Å²) in [5, 5.41) is 3.15. The predicted octanol–water partition coefficient (Wildman–Crippen LogP) is 1.63. The summed E-state index contributed by atoms with van der Waals surface area (Å²) in [7, 11) is -3.56. The highest BCUT2D eigenvalue weighted by atomic mass is 32.2. The second-order valence-corrected chi connectivity index (χ2v) is 8.62. The minimum atomic E-state index is -3.56. The third-order valence-corrected chi connectivity index (χ3v) is 6.35. The van der Waals surface area contributed by atoms with Gasteiger partial charge in [0.05, 0.1) is 18.1 Å². The highest BCUT2D eigenvalue weighted by molar-refractivity contribution is 7.89. The van der Waals surface area contributed by atoms with Crippen molar-refractivity contribution in [3.05, 3.63) is 41.2 Å². The van der Waals surface area contributed by atoms with Crippen molar-refractivity contribution < 1.29 is 13.2 Å². The molecule has 1 fully saturated rings. The molecule has 1 saturated heterocycles. The molecule has 0 radical (unpaired) electrons. The second-order valence-electron chi connectivity index (χ2n) is 6.91. The number of nitrogens with zero attached hydrogens (tertiary/aromatic N) is 3. The van der Waals surface area contributed by atoms with Gasteiger partial charge in [-0.2, -0.15) is 0 Å². The number of rotatable bonds is 7. The third kappa shape index (κ3) is 4.98. The van der Waals surface area contributed by atoms with Crippen LogP contribution in [0.15, 0.2) is 29.4 Å². The van der Waals surface area contributed by atoms with Crippen LogP contribution in [0.1, 0.15) is 16.7 Å². The number of hydrogen-bond acceptors (Lipinski definition) is 7. The molecule has 2 N–H and O–H groups in total. The SMILES string of the molecule is Cc1cc(C)c(S(=O)(=O)NCCNc2cc(N3CCOCC3)ncn2)c(C)c1. The Morgan fingerprint density at radius 1 is 1.04 bits per heavy atom. The fraction of sp³-hybridized carbons (Fsp3) is 0.474. The van der Waals surface area contributed by atoms with Gasteiger partial charge in [-0.3, -0.25) is 0 Å². The minimum Gasteiger partial charge on any atom is -0.378 e. The smallest absolute Gasteiger partial charge is 0.241 e. The first kappa shape index (κ1) is 20.5. The van der Waals surface area contributed by atoms with E-state index in [1.165, 1.54) is 6.33 Å². The quantitative estimate of drug-likeness (QED) is 0.676. The Morgan fingerprint density at radius 2 is 1.71 bits per heavy atom. The van der Waals surface area contributed by atoms with Gasteiger partial charge in [-0.1, -0.05) is 17.7 Å². The standard InChI is InChI=1S/C19H27N5O3S/c1-14-10-15(2)19(16(3)11-14)28(25,26)23-5-4-20-17-12-18(22-13-21-17)24-6-8-27-9-7-24/h10-13,23H,4-9H2,1-3H3,(H,20,21,22). The van der Waals surface area contributed by atoms with Crippen LogP contribution >= 0.6 is 0 Å². The van der Waals surface area contributed by atoms with Gasteiger partial charge in [0, 0.05) is 32.2 Å². The molecule has 2 heterocycles. The van der Waals surface area contributed by atoms with Gasteiger partial charge in [-0.25, -0.2) is 23.1 Å². The van der Waals surface area contributed by atoms with Crippen molar-refractivity contribution in [2.45, 2.75) is 25.7 Å². The highest BCUT2D eigenvalue weighted by Crippen LogP contribution is 2.21. The molecule has 1 aromatic carbocycles. The van der Waals surface area contributed by atoms with Gasteiger partial charge in [0.25, 0.3) is 0 Å². The molecule has 0 unspecified atom stereocenters. The van der Waals surface area contributed by atoms with Crippen molar-refractivity contribution in [3.63, 3.8) is 0 Å². The lowest BCUT2D eigenvalue weighted by atomic mass is 10.1. The Labute approximate surface area is 166 Å². The van der Waals surface area contributed by atoms with Crippen molar-refractivity contribution in [1.82, 2.24) is 14.7 Å². The van der Waals surface area contributed by atoms with E-state index in [4.69, 9.17) is 4.74 Å². The predicted molar refractivity (Wildman–Crippen MR) is 109 cm³/mol. The topological polar surface area (TPSA) is 96.5 Å². The van der Waals surface area contributed by atoms with E-state index in [0.29, 0.717) is 30.5 Å². The number of aryl methyl sites for hydroxylation is 3. The van der Waals surface area contributed by atoms with Gasteiger partial charge in [0.15, 0.2) is 0 Å². The molecule has 0 amide bonds. The maximum atomic E-state index is 12.7. The molecule has 152 valence electrons. The monoisotopic (exact) mass is 405 g/mol. The normalized spacial score (nSPS) is 14.9. The van der Waals surface area contributed by atoms with Crippen molar-refractivity contribution in [1.29, 1.82) is 0 Å². The molecule has 8 nitrogen and oxygen atoms in total. The van der Waals surface area contributed by atoms with E-state index in [1.807, 2.05) is 39.0 Å². The number of hydrogen-bond donors (Lipinski definition) is 2. The van der Waals surface area contributed by atoms with E-state index >= 15 is 0 Å². The number of ether oxygens (including phenoxy) is 1. The van der Waals surface area contributed by atoms with Gasteiger partial charge < -0.3 is 15.0 Å². The van der Waals surface area contributed by atoms with Crippen LogP contribution < -0.4 is 14.9 Å². The van der Waals surface area contributed by atoms with Crippen molar-refractivity contribution in [2.24, 2.45) is 0 Å². The number of sulfonamides is 1. The molecule has 2 aromatic rings. The van der Waals surface area contributed by atoms with E-state index in [9.17, 15) is 8.42 Å². The van der Waals surface area contributed by atoms with Gasteiger partial charge in [-0.05, 0) is 31.9 Å². The second kappa shape index (κ2) is 8.85. The summed E-state index contributed by atoms with van der Waals surface area (Å²) in [5.41, 5.74) is 2.56. The fourth-order valence-electron chi connectivity index (χ4n) is 3.45. The number of aromatic nitrogens is 2. The molecule has 0 spiro atoms. The Kier molecular flexibility index (Phi) is 6.48. The average Bonchev–Trinajstić information content (AvgIpc) is 2.65. The molecular weight excluding hydrogens is 378 g/mol. The van der Waals surface area contributed by atoms with Gasteiger partial charge in [0.2, 0.25) is 10.0 Å². The van der Waals surface area contributed by atoms with E-state index in [-0.39, 0.29) is 6.54 Å². The molecular formula is C19H27N5O3S. The summed E-state index contributed by atoms with van der Waals surface area (Å²) in [4.78, 5) is 11.0. The molecule has 9 heteroatoms. The molecule has 0 aliphatic carbocycles. The van der Waals surface area contributed by atoms with Crippen LogP contribution in [0, 0.1) is 20.8 Å². The molecule has 1 aliphatic rings. The minimum absolute atomic E-state index is 0.256. The largest absolute Gasteiger partial charge is 0.378 e. The molecule has 1 aromatic heterocycles. The molecule has 0 bridgehead atoms. The highest BCUT2D eigenvalue weighted by Gasteiger charge is 2.19. The van der Waals surface area contributed by atoms with E-state index in [1.54, 1.807) is 0 Å². The Balaban J connectivity index is 1.57. The lowest BCUT2D eigenvalue weighted by Crippen LogP contribution is -2.36. The van der Waals surface area contributed by atoms with Crippen LogP contribution in [0.2, 0.25) is 0 Å². The zero-order valence-electron chi connectivity index (χ0n) is 16.5. The summed E-state index contributed by atoms with van der Waals surface area (Å²) in [5.74, 6) is 1.51. The molecule has 3 rings (SSSR count). The van der Waals surface area contributed by atoms with E-state index < -0.39 is 10.0 Å². The van der Waals surface area contributed by atoms with Crippen LogP contribution in [0.3, 0.4) is 0 Å². The van der Waals surface area contributed by atoms with E-state index in [2.05, 4.69) is 24.9 Å². The molecule has 0 saturated carbocycles. The number of nitrogens with one attached hydrogen (secondary N) is 2. The summed E-state index contributed by atoms with van der Waals surface area (Å²) in [6.45, 7) is 9.24. The lowest BCUT2D eigenvalue weighted by Gasteiger charge is -2.27. The number of morpholine rings is 1. The average molecular weight is 406 g/mol. The maximum absolute atomic E-state index is 12.7. The van der Waals surface area contributed by atoms with Gasteiger partial charge >= 0.3 is 0 Å². The van der Waals surface area contributed by atoms with Crippen LogP contribution in [0.25, 0.3) is 0 Å². The summed E-state index contributed by atoms with van der Waals surface area (Å²) < 4.78 is 33.4. The fourth-order valence-corrected chi connectivity index (χ4v) is 4.93. The molecule has 1 aliphatic heterocycles. The van der Waals surface area contributed by atoms with Gasteiger partial charge in [0.1, 0.15) is 18.0 Å². The Bertz CT molecular complexity index is 904. The van der Waals surface area contributed by atoms with Crippen LogP contribution in [-0.4, -0.2) is 57.8 Å². The lowest BCUT2D eigenvalue weighted by molar-refractivity contribution is 0.122. The van der Waals surface area contributed by atoms with Crippen molar-refractivity contribution in [3.8, 4) is 0 Å². The zero-order valence-corrected chi connectivity index (χ0v) is 17.3. The first-order valence-corrected chi connectivity index (χ1v) is 10.8. The van der Waals surface area contributed by atoms with E-state index in [0.717, 1.165) is 35.6 Å². The van der Waals surface area contributed by atoms with Crippen molar-refractivity contribution >= 4 is 21.7 Å². The summed E-state index contributed by atoms with van der Waals surface area (Å²) in [6, 6.07) is 5.63. The number of benzene rings is 1. The summed E-state index contributed by atoms with van der Waals surface area (Å²) >= 11 is 0. The third-order valence-electron chi connectivity index (χ3n) is 4.58. The van der Waals surface area contributed by atoms with Crippen LogP contribution in [0.5, 0.6) is 0 Å². The molecule has 0 atom stereocenters. The maximum Gasteiger partial charge on any atom is 0.241 e. The first-order chi connectivity index (χ1) is 13.4.